The van der Waals surface area contributed by atoms with Crippen LogP contribution in [0.5, 0.6) is 17.2 Å². The molecule has 0 spiro atoms. The Kier molecular flexibility index (Phi) is 3.55. The molecule has 2 aromatic carbocycles. The Morgan fingerprint density at radius 3 is 2.92 bits per heavy atom. The average Bonchev–Trinajstić information content (AvgIpc) is 3.40. The van der Waals surface area contributed by atoms with Gasteiger partial charge < -0.3 is 19.5 Å². The van der Waals surface area contributed by atoms with E-state index in [9.17, 15) is 4.79 Å². The second-order valence-electron chi connectivity index (χ2n) is 7.13. The molecule has 1 aliphatic heterocycles. The Morgan fingerprint density at radius 1 is 1.19 bits per heavy atom. The maximum Gasteiger partial charge on any atom is 0.251 e. The molecule has 2 aromatic rings. The molecule has 5 nitrogen and oxygen atoms in total. The van der Waals surface area contributed by atoms with Crippen LogP contribution in [0.4, 0.5) is 0 Å². The van der Waals surface area contributed by atoms with Gasteiger partial charge in [0.15, 0.2) is 11.5 Å². The highest BCUT2D eigenvalue weighted by Crippen LogP contribution is 2.54. The van der Waals surface area contributed by atoms with Gasteiger partial charge in [0.05, 0.1) is 7.11 Å². The number of hydrogen-bond acceptors (Lipinski definition) is 4. The van der Waals surface area contributed by atoms with E-state index in [4.69, 9.17) is 14.2 Å². The molecule has 5 heteroatoms. The molecule has 2 aliphatic carbocycles. The SMILES string of the molecule is COc1cc(C(=O)NC2C3CCc4ccccc4C32)cc2c1OCCO2. The third-order valence-electron chi connectivity index (χ3n) is 5.72. The second-order valence-corrected chi connectivity index (χ2v) is 7.13. The van der Waals surface area contributed by atoms with Gasteiger partial charge in [-0.15, -0.1) is 0 Å². The summed E-state index contributed by atoms with van der Waals surface area (Å²) in [7, 11) is 1.57. The fourth-order valence-corrected chi connectivity index (χ4v) is 4.40. The largest absolute Gasteiger partial charge is 0.493 e. The predicted octanol–water partition coefficient (Wildman–Crippen LogP) is 2.92. The summed E-state index contributed by atoms with van der Waals surface area (Å²) >= 11 is 0. The van der Waals surface area contributed by atoms with Crippen molar-refractivity contribution in [1.29, 1.82) is 0 Å². The van der Waals surface area contributed by atoms with Crippen LogP contribution in [0.25, 0.3) is 0 Å². The van der Waals surface area contributed by atoms with E-state index in [-0.39, 0.29) is 11.9 Å². The van der Waals surface area contributed by atoms with Crippen molar-refractivity contribution in [2.75, 3.05) is 20.3 Å². The highest BCUT2D eigenvalue weighted by atomic mass is 16.6. The molecule has 3 aliphatic rings. The molecule has 0 aromatic heterocycles. The quantitative estimate of drug-likeness (QED) is 0.924. The molecule has 1 amide bonds. The zero-order valence-electron chi connectivity index (χ0n) is 14.7. The summed E-state index contributed by atoms with van der Waals surface area (Å²) in [4.78, 5) is 12.8. The van der Waals surface area contributed by atoms with Crippen molar-refractivity contribution in [1.82, 2.24) is 5.32 Å². The summed E-state index contributed by atoms with van der Waals surface area (Å²) in [5, 5.41) is 3.22. The number of rotatable bonds is 3. The zero-order chi connectivity index (χ0) is 17.7. The van der Waals surface area contributed by atoms with Crippen LogP contribution in [0, 0.1) is 5.92 Å². The molecule has 0 radical (unpaired) electrons. The number of carbonyl (C=O) groups is 1. The highest BCUT2D eigenvalue weighted by molar-refractivity contribution is 5.96. The molecule has 26 heavy (non-hydrogen) atoms. The van der Waals surface area contributed by atoms with E-state index >= 15 is 0 Å². The summed E-state index contributed by atoms with van der Waals surface area (Å²) in [6.45, 7) is 0.963. The number of nitrogens with one attached hydrogen (secondary N) is 1. The monoisotopic (exact) mass is 351 g/mol. The van der Waals surface area contributed by atoms with E-state index < -0.39 is 0 Å². The summed E-state index contributed by atoms with van der Waals surface area (Å²) < 4.78 is 16.6. The first-order chi connectivity index (χ1) is 12.8. The van der Waals surface area contributed by atoms with Crippen molar-refractivity contribution in [3.8, 4) is 17.2 Å². The van der Waals surface area contributed by atoms with Crippen LogP contribution >= 0.6 is 0 Å². The molecule has 1 saturated carbocycles. The van der Waals surface area contributed by atoms with Gasteiger partial charge in [-0.3, -0.25) is 4.79 Å². The van der Waals surface area contributed by atoms with Crippen molar-refractivity contribution in [2.45, 2.75) is 24.8 Å². The molecule has 3 atom stereocenters. The summed E-state index contributed by atoms with van der Waals surface area (Å²) in [5.74, 6) is 2.59. The minimum Gasteiger partial charge on any atom is -0.493 e. The zero-order valence-corrected chi connectivity index (χ0v) is 14.7. The molecule has 1 heterocycles. The summed E-state index contributed by atoms with van der Waals surface area (Å²) in [6.07, 6.45) is 2.23. The number of fused-ring (bicyclic) bond motifs is 4. The molecular formula is C21H21NO4. The van der Waals surface area contributed by atoms with Gasteiger partial charge in [-0.1, -0.05) is 24.3 Å². The third kappa shape index (κ3) is 2.42. The van der Waals surface area contributed by atoms with E-state index in [0.717, 1.165) is 12.8 Å². The van der Waals surface area contributed by atoms with Gasteiger partial charge in [0.1, 0.15) is 13.2 Å². The number of carbonyl (C=O) groups excluding carboxylic acids is 1. The number of benzene rings is 2. The topological polar surface area (TPSA) is 56.8 Å². The van der Waals surface area contributed by atoms with Crippen molar-refractivity contribution in [2.24, 2.45) is 5.92 Å². The van der Waals surface area contributed by atoms with Crippen LogP contribution in [-0.4, -0.2) is 32.3 Å². The molecule has 134 valence electrons. The lowest BCUT2D eigenvalue weighted by atomic mass is 9.92. The predicted molar refractivity (Wildman–Crippen MR) is 96.2 cm³/mol. The van der Waals surface area contributed by atoms with Gasteiger partial charge in [-0.05, 0) is 42.0 Å². The minimum atomic E-state index is -0.0860. The van der Waals surface area contributed by atoms with Crippen molar-refractivity contribution >= 4 is 5.91 Å². The van der Waals surface area contributed by atoms with Crippen LogP contribution in [-0.2, 0) is 6.42 Å². The fourth-order valence-electron chi connectivity index (χ4n) is 4.40. The number of ether oxygens (including phenoxy) is 3. The van der Waals surface area contributed by atoms with Gasteiger partial charge in [0, 0.05) is 17.5 Å². The summed E-state index contributed by atoms with van der Waals surface area (Å²) in [6, 6.07) is 12.3. The molecule has 1 N–H and O–H groups in total. The Bertz CT molecular complexity index is 861. The maximum absolute atomic E-state index is 12.8. The lowest BCUT2D eigenvalue weighted by molar-refractivity contribution is 0.0946. The first-order valence-electron chi connectivity index (χ1n) is 9.12. The van der Waals surface area contributed by atoms with Gasteiger partial charge in [-0.2, -0.15) is 0 Å². The van der Waals surface area contributed by atoms with Crippen LogP contribution in [0.2, 0.25) is 0 Å². The van der Waals surface area contributed by atoms with E-state index in [0.29, 0.717) is 47.9 Å². The molecular weight excluding hydrogens is 330 g/mol. The normalized spacial score (nSPS) is 24.9. The van der Waals surface area contributed by atoms with Crippen LogP contribution in [0.1, 0.15) is 33.8 Å². The van der Waals surface area contributed by atoms with Crippen LogP contribution in [0.15, 0.2) is 36.4 Å². The lowest BCUT2D eigenvalue weighted by Gasteiger charge is -2.21. The van der Waals surface area contributed by atoms with Crippen molar-refractivity contribution < 1.29 is 19.0 Å². The maximum atomic E-state index is 12.8. The smallest absolute Gasteiger partial charge is 0.251 e. The second kappa shape index (κ2) is 5.94. The molecule has 3 unspecified atom stereocenters. The van der Waals surface area contributed by atoms with E-state index in [1.54, 1.807) is 19.2 Å². The Morgan fingerprint density at radius 2 is 2.04 bits per heavy atom. The first-order valence-corrected chi connectivity index (χ1v) is 9.12. The van der Waals surface area contributed by atoms with E-state index in [2.05, 4.69) is 29.6 Å². The van der Waals surface area contributed by atoms with Crippen molar-refractivity contribution in [3.63, 3.8) is 0 Å². The van der Waals surface area contributed by atoms with Gasteiger partial charge in [0.25, 0.3) is 5.91 Å². The van der Waals surface area contributed by atoms with Gasteiger partial charge in [0.2, 0.25) is 5.75 Å². The standard InChI is InChI=1S/C21H21NO4/c1-24-16-10-13(11-17-20(16)26-9-8-25-17)21(23)22-19-15-7-6-12-4-2-3-5-14(12)18(15)19/h2-5,10-11,15,18-19H,6-9H2,1H3,(H,22,23). The minimum absolute atomic E-state index is 0.0860. The number of methoxy groups -OCH3 is 1. The van der Waals surface area contributed by atoms with Gasteiger partial charge in [-0.25, -0.2) is 0 Å². The number of aryl methyl sites for hydroxylation is 1. The Hall–Kier alpha value is -2.69. The number of amides is 1. The highest BCUT2D eigenvalue weighted by Gasteiger charge is 2.53. The van der Waals surface area contributed by atoms with E-state index in [1.807, 2.05) is 0 Å². The molecule has 1 fully saturated rings. The fraction of sp³-hybridized carbons (Fsp3) is 0.381. The Labute approximate surface area is 152 Å². The average molecular weight is 351 g/mol. The van der Waals surface area contributed by atoms with E-state index in [1.165, 1.54) is 11.1 Å². The number of hydrogen-bond donors (Lipinski definition) is 1. The van der Waals surface area contributed by atoms with Gasteiger partial charge >= 0.3 is 0 Å². The molecule has 0 bridgehead atoms. The lowest BCUT2D eigenvalue weighted by Crippen LogP contribution is -2.28. The first kappa shape index (κ1) is 15.6. The summed E-state index contributed by atoms with van der Waals surface area (Å²) in [5.41, 5.74) is 3.36. The Balaban J connectivity index is 1.37. The molecule has 5 rings (SSSR count). The van der Waals surface area contributed by atoms with Crippen LogP contribution < -0.4 is 19.5 Å². The van der Waals surface area contributed by atoms with Crippen LogP contribution in [0.3, 0.4) is 0 Å². The molecule has 0 saturated heterocycles. The third-order valence-corrected chi connectivity index (χ3v) is 5.72. The van der Waals surface area contributed by atoms with Crippen molar-refractivity contribution in [3.05, 3.63) is 53.1 Å².